The van der Waals surface area contributed by atoms with E-state index in [2.05, 4.69) is 52.8 Å². The minimum atomic E-state index is 0.697. The van der Waals surface area contributed by atoms with E-state index in [0.717, 1.165) is 36.2 Å². The standard InChI is InChI=1S/C20H24N2O/c1-2-7-17(8-3-1)9-4-5-13-21-15-16-23-20-11-6-10-19-18(20)12-14-22-19/h1-3,6-8,10-12,14,21-22H,4-5,9,13,15-16H2. The topological polar surface area (TPSA) is 37.0 Å². The monoisotopic (exact) mass is 308 g/mol. The molecule has 0 saturated heterocycles. The van der Waals surface area contributed by atoms with Crippen LogP contribution in [0.5, 0.6) is 5.75 Å². The number of hydrogen-bond acceptors (Lipinski definition) is 2. The van der Waals surface area contributed by atoms with Gasteiger partial charge in [0.15, 0.2) is 0 Å². The lowest BCUT2D eigenvalue weighted by molar-refractivity contribution is 0.317. The zero-order chi connectivity index (χ0) is 15.7. The van der Waals surface area contributed by atoms with Gasteiger partial charge in [0.1, 0.15) is 12.4 Å². The maximum absolute atomic E-state index is 5.87. The van der Waals surface area contributed by atoms with Crippen molar-refractivity contribution < 1.29 is 4.74 Å². The zero-order valence-corrected chi connectivity index (χ0v) is 13.4. The summed E-state index contributed by atoms with van der Waals surface area (Å²) < 4.78 is 5.87. The fourth-order valence-electron chi connectivity index (χ4n) is 2.76. The summed E-state index contributed by atoms with van der Waals surface area (Å²) in [6.07, 6.45) is 5.53. The van der Waals surface area contributed by atoms with Crippen molar-refractivity contribution in [3.05, 3.63) is 66.4 Å². The van der Waals surface area contributed by atoms with Crippen molar-refractivity contribution in [2.75, 3.05) is 19.7 Å². The smallest absolute Gasteiger partial charge is 0.128 e. The molecule has 3 aromatic rings. The van der Waals surface area contributed by atoms with Gasteiger partial charge in [-0.3, -0.25) is 0 Å². The third-order valence-corrected chi connectivity index (χ3v) is 4.00. The first kappa shape index (κ1) is 15.6. The van der Waals surface area contributed by atoms with E-state index in [4.69, 9.17) is 4.74 Å². The molecule has 0 aliphatic heterocycles. The molecule has 1 heterocycles. The van der Waals surface area contributed by atoms with E-state index >= 15 is 0 Å². The summed E-state index contributed by atoms with van der Waals surface area (Å²) in [6, 6.07) is 18.8. The van der Waals surface area contributed by atoms with Gasteiger partial charge in [0.25, 0.3) is 0 Å². The molecule has 0 fully saturated rings. The number of fused-ring (bicyclic) bond motifs is 1. The zero-order valence-electron chi connectivity index (χ0n) is 13.4. The fraction of sp³-hybridized carbons (Fsp3) is 0.300. The molecular formula is C20H24N2O. The lowest BCUT2D eigenvalue weighted by atomic mass is 10.1. The second-order valence-corrected chi connectivity index (χ2v) is 5.74. The second-order valence-electron chi connectivity index (χ2n) is 5.74. The van der Waals surface area contributed by atoms with Gasteiger partial charge in [0, 0.05) is 23.6 Å². The summed E-state index contributed by atoms with van der Waals surface area (Å²) in [5.74, 6) is 0.953. The van der Waals surface area contributed by atoms with Crippen LogP contribution in [0.2, 0.25) is 0 Å². The molecule has 0 radical (unpaired) electrons. The number of hydrogen-bond donors (Lipinski definition) is 2. The molecule has 0 aliphatic carbocycles. The van der Waals surface area contributed by atoms with E-state index in [1.807, 2.05) is 18.3 Å². The van der Waals surface area contributed by atoms with Gasteiger partial charge in [-0.05, 0) is 49.6 Å². The number of H-pyrrole nitrogens is 1. The Morgan fingerprint density at radius 1 is 0.870 bits per heavy atom. The molecule has 0 spiro atoms. The third kappa shape index (κ3) is 4.60. The van der Waals surface area contributed by atoms with Crippen molar-refractivity contribution in [3.8, 4) is 5.75 Å². The predicted molar refractivity (Wildman–Crippen MR) is 96.0 cm³/mol. The SMILES string of the molecule is c1ccc(CCCCNCCOc2cccc3[nH]ccc23)cc1. The van der Waals surface area contributed by atoms with Crippen LogP contribution in [-0.4, -0.2) is 24.7 Å². The quantitative estimate of drug-likeness (QED) is 0.582. The van der Waals surface area contributed by atoms with Crippen LogP contribution < -0.4 is 10.1 Å². The van der Waals surface area contributed by atoms with Gasteiger partial charge in [-0.1, -0.05) is 36.4 Å². The Morgan fingerprint density at radius 3 is 2.70 bits per heavy atom. The highest BCUT2D eigenvalue weighted by Gasteiger charge is 2.01. The summed E-state index contributed by atoms with van der Waals surface area (Å²) in [7, 11) is 0. The van der Waals surface area contributed by atoms with Gasteiger partial charge in [-0.2, -0.15) is 0 Å². The van der Waals surface area contributed by atoms with Crippen LogP contribution in [0.15, 0.2) is 60.8 Å². The van der Waals surface area contributed by atoms with Crippen LogP contribution in [0, 0.1) is 0 Å². The van der Waals surface area contributed by atoms with Crippen LogP contribution in [0.1, 0.15) is 18.4 Å². The first-order valence-electron chi connectivity index (χ1n) is 8.37. The summed E-state index contributed by atoms with van der Waals surface area (Å²) in [5.41, 5.74) is 2.55. The average molecular weight is 308 g/mol. The number of aryl methyl sites for hydroxylation is 1. The molecule has 2 N–H and O–H groups in total. The Morgan fingerprint density at radius 2 is 1.78 bits per heavy atom. The van der Waals surface area contributed by atoms with E-state index in [1.54, 1.807) is 0 Å². The highest BCUT2D eigenvalue weighted by Crippen LogP contribution is 2.24. The lowest BCUT2D eigenvalue weighted by Gasteiger charge is -2.08. The van der Waals surface area contributed by atoms with Crippen molar-refractivity contribution in [1.29, 1.82) is 0 Å². The van der Waals surface area contributed by atoms with Crippen molar-refractivity contribution in [2.45, 2.75) is 19.3 Å². The molecule has 0 atom stereocenters. The average Bonchev–Trinajstić information content (AvgIpc) is 3.07. The Bertz CT molecular complexity index is 706. The van der Waals surface area contributed by atoms with Gasteiger partial charge in [-0.15, -0.1) is 0 Å². The van der Waals surface area contributed by atoms with Crippen LogP contribution in [0.25, 0.3) is 10.9 Å². The van der Waals surface area contributed by atoms with Gasteiger partial charge in [0.05, 0.1) is 0 Å². The van der Waals surface area contributed by atoms with E-state index in [9.17, 15) is 0 Å². The first-order chi connectivity index (χ1) is 11.4. The summed E-state index contributed by atoms with van der Waals surface area (Å²) in [4.78, 5) is 3.20. The van der Waals surface area contributed by atoms with E-state index in [1.165, 1.54) is 18.4 Å². The number of rotatable bonds is 9. The minimum Gasteiger partial charge on any atom is -0.492 e. The highest BCUT2D eigenvalue weighted by atomic mass is 16.5. The van der Waals surface area contributed by atoms with E-state index in [-0.39, 0.29) is 0 Å². The Kier molecular flexibility index (Phi) is 5.70. The van der Waals surface area contributed by atoms with Crippen LogP contribution in [-0.2, 0) is 6.42 Å². The third-order valence-electron chi connectivity index (χ3n) is 4.00. The number of aromatic nitrogens is 1. The molecule has 1 aromatic heterocycles. The molecule has 23 heavy (non-hydrogen) atoms. The maximum Gasteiger partial charge on any atom is 0.128 e. The molecular weight excluding hydrogens is 284 g/mol. The van der Waals surface area contributed by atoms with Gasteiger partial charge in [-0.25, -0.2) is 0 Å². The molecule has 0 bridgehead atoms. The largest absolute Gasteiger partial charge is 0.492 e. The molecule has 0 unspecified atom stereocenters. The maximum atomic E-state index is 5.87. The number of unbranched alkanes of at least 4 members (excludes halogenated alkanes) is 1. The van der Waals surface area contributed by atoms with Crippen molar-refractivity contribution >= 4 is 10.9 Å². The Hall–Kier alpha value is -2.26. The van der Waals surface area contributed by atoms with Crippen LogP contribution in [0.3, 0.4) is 0 Å². The normalized spacial score (nSPS) is 11.0. The molecule has 2 aromatic carbocycles. The van der Waals surface area contributed by atoms with Gasteiger partial charge < -0.3 is 15.0 Å². The number of nitrogens with one attached hydrogen (secondary N) is 2. The van der Waals surface area contributed by atoms with Gasteiger partial charge in [0.2, 0.25) is 0 Å². The molecule has 3 rings (SSSR count). The highest BCUT2D eigenvalue weighted by molar-refractivity contribution is 5.85. The van der Waals surface area contributed by atoms with Crippen molar-refractivity contribution in [2.24, 2.45) is 0 Å². The number of aromatic amines is 1. The summed E-state index contributed by atoms with van der Waals surface area (Å²) in [6.45, 7) is 2.62. The first-order valence-corrected chi connectivity index (χ1v) is 8.37. The van der Waals surface area contributed by atoms with Crippen LogP contribution in [0.4, 0.5) is 0 Å². The Labute approximate surface area is 137 Å². The lowest BCUT2D eigenvalue weighted by Crippen LogP contribution is -2.22. The molecule has 0 saturated carbocycles. The van der Waals surface area contributed by atoms with E-state index in [0.29, 0.717) is 6.61 Å². The molecule has 120 valence electrons. The van der Waals surface area contributed by atoms with Gasteiger partial charge >= 0.3 is 0 Å². The summed E-state index contributed by atoms with van der Waals surface area (Å²) >= 11 is 0. The van der Waals surface area contributed by atoms with Crippen molar-refractivity contribution in [1.82, 2.24) is 10.3 Å². The van der Waals surface area contributed by atoms with E-state index < -0.39 is 0 Å². The Balaban J connectivity index is 1.28. The molecule has 3 nitrogen and oxygen atoms in total. The predicted octanol–water partition coefficient (Wildman–Crippen LogP) is 4.16. The minimum absolute atomic E-state index is 0.697. The number of benzene rings is 2. The number of ether oxygens (including phenoxy) is 1. The van der Waals surface area contributed by atoms with Crippen LogP contribution >= 0.6 is 0 Å². The second kappa shape index (κ2) is 8.39. The van der Waals surface area contributed by atoms with Crippen molar-refractivity contribution in [3.63, 3.8) is 0 Å². The molecule has 0 amide bonds. The summed E-state index contributed by atoms with van der Waals surface area (Å²) in [5, 5.41) is 4.60. The fourth-order valence-corrected chi connectivity index (χ4v) is 2.76. The molecule has 0 aliphatic rings. The molecule has 3 heteroatoms.